The van der Waals surface area contributed by atoms with E-state index in [2.05, 4.69) is 49.5 Å². The predicted octanol–water partition coefficient (Wildman–Crippen LogP) is 5.20. The molecule has 0 aliphatic carbocycles. The van der Waals surface area contributed by atoms with Crippen molar-refractivity contribution in [2.24, 2.45) is 0 Å². The summed E-state index contributed by atoms with van der Waals surface area (Å²) in [6.45, 7) is 8.14. The third kappa shape index (κ3) is 4.80. The van der Waals surface area contributed by atoms with Crippen LogP contribution in [0.25, 0.3) is 0 Å². The molecular formula is C25H27NO2. The molecule has 0 fully saturated rings. The van der Waals surface area contributed by atoms with Gasteiger partial charge in [-0.1, -0.05) is 66.2 Å². The van der Waals surface area contributed by atoms with Gasteiger partial charge in [0.05, 0.1) is 6.04 Å². The van der Waals surface area contributed by atoms with E-state index >= 15 is 0 Å². The molecule has 0 aliphatic rings. The quantitative estimate of drug-likeness (QED) is 0.644. The Hall–Kier alpha value is -3.07. The molecule has 0 aromatic heterocycles. The normalized spacial score (nSPS) is 11.7. The molecule has 3 aromatic rings. The van der Waals surface area contributed by atoms with Crippen molar-refractivity contribution in [3.8, 4) is 5.75 Å². The topological polar surface area (TPSA) is 38.3 Å². The molecule has 0 saturated carbocycles. The molecule has 28 heavy (non-hydrogen) atoms. The number of ether oxygens (including phenoxy) is 1. The summed E-state index contributed by atoms with van der Waals surface area (Å²) < 4.78 is 5.84. The van der Waals surface area contributed by atoms with Crippen molar-refractivity contribution in [1.82, 2.24) is 5.32 Å². The maximum Gasteiger partial charge on any atom is 0.258 e. The Kier molecular flexibility index (Phi) is 6.15. The number of hydrogen-bond acceptors (Lipinski definition) is 2. The molecule has 1 unspecified atom stereocenters. The highest BCUT2D eigenvalue weighted by Crippen LogP contribution is 2.24. The van der Waals surface area contributed by atoms with Crippen LogP contribution in [0.1, 0.15) is 39.4 Å². The van der Waals surface area contributed by atoms with Crippen LogP contribution in [0.3, 0.4) is 0 Å². The standard InChI is InChI=1S/C25H27NO2/c1-17-10-12-22(13-11-17)25(21-8-6-5-7-9-21)26-24(27)16-28-23-15-18(2)14-19(3)20(23)4/h5-15,25H,16H2,1-4H3,(H,26,27). The van der Waals surface area contributed by atoms with E-state index in [1.807, 2.05) is 50.2 Å². The summed E-state index contributed by atoms with van der Waals surface area (Å²) >= 11 is 0. The van der Waals surface area contributed by atoms with Crippen LogP contribution in [0.15, 0.2) is 66.7 Å². The Labute approximate surface area is 167 Å². The van der Waals surface area contributed by atoms with Crippen LogP contribution in [0.2, 0.25) is 0 Å². The summed E-state index contributed by atoms with van der Waals surface area (Å²) in [7, 11) is 0. The molecule has 1 N–H and O–H groups in total. The van der Waals surface area contributed by atoms with Crippen LogP contribution < -0.4 is 10.1 Å². The van der Waals surface area contributed by atoms with Crippen LogP contribution in [0.4, 0.5) is 0 Å². The molecule has 0 radical (unpaired) electrons. The molecule has 0 spiro atoms. The molecule has 0 bridgehead atoms. The maximum atomic E-state index is 12.7. The second-order valence-corrected chi connectivity index (χ2v) is 7.32. The number of amides is 1. The molecule has 3 nitrogen and oxygen atoms in total. The van der Waals surface area contributed by atoms with Crippen LogP contribution in [0, 0.1) is 27.7 Å². The lowest BCUT2D eigenvalue weighted by atomic mass is 9.98. The van der Waals surface area contributed by atoms with Gasteiger partial charge in [0.2, 0.25) is 0 Å². The minimum absolute atomic E-state index is 0.0150. The molecule has 1 atom stereocenters. The van der Waals surface area contributed by atoms with E-state index in [4.69, 9.17) is 4.74 Å². The van der Waals surface area contributed by atoms with Gasteiger partial charge in [-0.15, -0.1) is 0 Å². The zero-order valence-corrected chi connectivity index (χ0v) is 17.0. The Bertz CT molecular complexity index is 946. The second-order valence-electron chi connectivity index (χ2n) is 7.32. The third-order valence-electron chi connectivity index (χ3n) is 4.97. The number of aryl methyl sites for hydroxylation is 3. The minimum Gasteiger partial charge on any atom is -0.483 e. The van der Waals surface area contributed by atoms with Gasteiger partial charge >= 0.3 is 0 Å². The van der Waals surface area contributed by atoms with Crippen LogP contribution in [0.5, 0.6) is 5.75 Å². The lowest BCUT2D eigenvalue weighted by molar-refractivity contribution is -0.123. The summed E-state index contributed by atoms with van der Waals surface area (Å²) in [4.78, 5) is 12.7. The molecule has 3 rings (SSSR count). The number of rotatable bonds is 6. The largest absolute Gasteiger partial charge is 0.483 e. The van der Waals surface area contributed by atoms with E-state index in [1.165, 1.54) is 5.56 Å². The fourth-order valence-electron chi connectivity index (χ4n) is 3.26. The van der Waals surface area contributed by atoms with E-state index in [0.29, 0.717) is 0 Å². The SMILES string of the molecule is Cc1ccc(C(NC(=O)COc2cc(C)cc(C)c2C)c2ccccc2)cc1. The second kappa shape index (κ2) is 8.75. The van der Waals surface area contributed by atoms with Crippen molar-refractivity contribution in [3.05, 3.63) is 100 Å². The summed E-state index contributed by atoms with van der Waals surface area (Å²) in [5.41, 5.74) is 6.64. The van der Waals surface area contributed by atoms with E-state index in [0.717, 1.165) is 33.6 Å². The van der Waals surface area contributed by atoms with Gasteiger partial charge in [-0.2, -0.15) is 0 Å². The van der Waals surface area contributed by atoms with E-state index in [1.54, 1.807) is 0 Å². The molecule has 0 heterocycles. The van der Waals surface area contributed by atoms with Gasteiger partial charge in [0.15, 0.2) is 6.61 Å². The Balaban J connectivity index is 1.76. The molecule has 0 saturated heterocycles. The van der Waals surface area contributed by atoms with Gasteiger partial charge in [-0.3, -0.25) is 4.79 Å². The van der Waals surface area contributed by atoms with E-state index in [9.17, 15) is 4.79 Å². The molecule has 3 heteroatoms. The van der Waals surface area contributed by atoms with E-state index in [-0.39, 0.29) is 18.6 Å². The van der Waals surface area contributed by atoms with Crippen molar-refractivity contribution >= 4 is 5.91 Å². The zero-order chi connectivity index (χ0) is 20.1. The van der Waals surface area contributed by atoms with Crippen LogP contribution >= 0.6 is 0 Å². The highest BCUT2D eigenvalue weighted by molar-refractivity contribution is 5.78. The van der Waals surface area contributed by atoms with Crippen LogP contribution in [-0.2, 0) is 4.79 Å². The highest BCUT2D eigenvalue weighted by atomic mass is 16.5. The maximum absolute atomic E-state index is 12.7. The summed E-state index contributed by atoms with van der Waals surface area (Å²) in [5, 5.41) is 3.12. The summed E-state index contributed by atoms with van der Waals surface area (Å²) in [6, 6.07) is 22.1. The van der Waals surface area contributed by atoms with Gasteiger partial charge < -0.3 is 10.1 Å². The number of hydrogen-bond donors (Lipinski definition) is 1. The predicted molar refractivity (Wildman–Crippen MR) is 114 cm³/mol. The lowest BCUT2D eigenvalue weighted by Crippen LogP contribution is -2.33. The van der Waals surface area contributed by atoms with Crippen molar-refractivity contribution in [2.45, 2.75) is 33.7 Å². The molecular weight excluding hydrogens is 346 g/mol. The van der Waals surface area contributed by atoms with E-state index < -0.39 is 0 Å². The molecule has 1 amide bonds. The minimum atomic E-state index is -0.210. The van der Waals surface area contributed by atoms with Gasteiger partial charge in [-0.25, -0.2) is 0 Å². The van der Waals surface area contributed by atoms with Crippen molar-refractivity contribution in [2.75, 3.05) is 6.61 Å². The van der Waals surface area contributed by atoms with Crippen molar-refractivity contribution in [1.29, 1.82) is 0 Å². The van der Waals surface area contributed by atoms with Gasteiger partial charge in [0.1, 0.15) is 5.75 Å². The van der Waals surface area contributed by atoms with Crippen molar-refractivity contribution in [3.63, 3.8) is 0 Å². The smallest absolute Gasteiger partial charge is 0.258 e. The fourth-order valence-corrected chi connectivity index (χ4v) is 3.26. The van der Waals surface area contributed by atoms with Gasteiger partial charge in [0, 0.05) is 0 Å². The first kappa shape index (κ1) is 19.7. The first-order chi connectivity index (χ1) is 13.4. The summed E-state index contributed by atoms with van der Waals surface area (Å²) in [6.07, 6.45) is 0. The Morgan fingerprint density at radius 2 is 1.50 bits per heavy atom. The lowest BCUT2D eigenvalue weighted by Gasteiger charge is -2.20. The highest BCUT2D eigenvalue weighted by Gasteiger charge is 2.17. The number of benzene rings is 3. The number of carbonyl (C=O) groups is 1. The zero-order valence-electron chi connectivity index (χ0n) is 17.0. The molecule has 144 valence electrons. The molecule has 0 aliphatic heterocycles. The molecule has 3 aromatic carbocycles. The first-order valence-corrected chi connectivity index (χ1v) is 9.55. The number of nitrogens with one attached hydrogen (secondary N) is 1. The van der Waals surface area contributed by atoms with Gasteiger partial charge in [0.25, 0.3) is 5.91 Å². The third-order valence-corrected chi connectivity index (χ3v) is 4.97. The Morgan fingerprint density at radius 1 is 0.857 bits per heavy atom. The van der Waals surface area contributed by atoms with Gasteiger partial charge in [-0.05, 0) is 61.6 Å². The average molecular weight is 373 g/mol. The average Bonchev–Trinajstić information content (AvgIpc) is 2.69. The fraction of sp³-hybridized carbons (Fsp3) is 0.240. The first-order valence-electron chi connectivity index (χ1n) is 9.55. The Morgan fingerprint density at radius 3 is 2.18 bits per heavy atom. The monoisotopic (exact) mass is 373 g/mol. The van der Waals surface area contributed by atoms with Crippen molar-refractivity contribution < 1.29 is 9.53 Å². The van der Waals surface area contributed by atoms with Crippen LogP contribution in [-0.4, -0.2) is 12.5 Å². The number of carbonyl (C=O) groups excluding carboxylic acids is 1. The summed E-state index contributed by atoms with van der Waals surface area (Å²) in [5.74, 6) is 0.618.